The molecule has 1 amide bonds. The number of hydrogen-bond donors (Lipinski definition) is 0. The summed E-state index contributed by atoms with van der Waals surface area (Å²) in [6.07, 6.45) is 0. The topological polar surface area (TPSA) is 29.5 Å². The summed E-state index contributed by atoms with van der Waals surface area (Å²) in [6.45, 7) is 1.08. The van der Waals surface area contributed by atoms with Gasteiger partial charge in [0, 0.05) is 7.05 Å². The number of benzene rings is 1. The number of carbonyl (C=O) groups is 1. The fourth-order valence-electron chi connectivity index (χ4n) is 1.44. The van der Waals surface area contributed by atoms with Gasteiger partial charge in [0.15, 0.2) is 0 Å². The van der Waals surface area contributed by atoms with Gasteiger partial charge in [0.25, 0.3) is 5.91 Å². The van der Waals surface area contributed by atoms with Gasteiger partial charge >= 0.3 is 0 Å². The molecule has 1 saturated heterocycles. The Bertz CT molecular complexity index is 377. The minimum atomic E-state index is -0.477. The minimum Gasteiger partial charge on any atom is -0.377 e. The zero-order chi connectivity index (χ0) is 10.8. The molecule has 0 bridgehead atoms. The van der Waals surface area contributed by atoms with Gasteiger partial charge in [-0.05, 0) is 12.1 Å². The van der Waals surface area contributed by atoms with E-state index in [1.807, 2.05) is 0 Å². The lowest BCUT2D eigenvalue weighted by Gasteiger charge is -2.34. The molecule has 1 aliphatic rings. The average molecular weight is 209 g/mol. The fourth-order valence-corrected chi connectivity index (χ4v) is 1.44. The number of carbonyl (C=O) groups excluding carboxylic acids is 1. The molecular formula is C11H12FNO2. The standard InChI is InChI=1S/C11H12FNO2/c1-13(8-6-15-7-8)11(14)9-4-2-3-5-10(9)12/h2-5,8H,6-7H2,1H3. The monoisotopic (exact) mass is 209 g/mol. The molecule has 0 saturated carbocycles. The molecule has 0 unspecified atom stereocenters. The van der Waals surface area contributed by atoms with Gasteiger partial charge in [0.1, 0.15) is 5.82 Å². The predicted octanol–water partition coefficient (Wildman–Crippen LogP) is 1.30. The number of likely N-dealkylation sites (N-methyl/N-ethyl adjacent to an activating group) is 1. The van der Waals surface area contributed by atoms with Crippen molar-refractivity contribution in [1.82, 2.24) is 4.90 Å². The number of hydrogen-bond acceptors (Lipinski definition) is 2. The SMILES string of the molecule is CN(C(=O)c1ccccc1F)C1COC1. The maximum atomic E-state index is 13.3. The molecule has 3 nitrogen and oxygen atoms in total. The molecule has 4 heteroatoms. The second kappa shape index (κ2) is 3.98. The molecule has 0 radical (unpaired) electrons. The highest BCUT2D eigenvalue weighted by Crippen LogP contribution is 2.14. The highest BCUT2D eigenvalue weighted by atomic mass is 19.1. The third-order valence-corrected chi connectivity index (χ3v) is 2.59. The normalized spacial score (nSPS) is 15.9. The van der Waals surface area contributed by atoms with Crippen molar-refractivity contribution in [3.63, 3.8) is 0 Å². The zero-order valence-electron chi connectivity index (χ0n) is 8.44. The Kier molecular flexibility index (Phi) is 2.68. The van der Waals surface area contributed by atoms with Crippen molar-refractivity contribution < 1.29 is 13.9 Å². The smallest absolute Gasteiger partial charge is 0.256 e. The number of amides is 1. The number of halogens is 1. The van der Waals surface area contributed by atoms with Crippen molar-refractivity contribution in [3.05, 3.63) is 35.6 Å². The van der Waals surface area contributed by atoms with Gasteiger partial charge in [-0.2, -0.15) is 0 Å². The quantitative estimate of drug-likeness (QED) is 0.734. The van der Waals surface area contributed by atoms with E-state index in [1.165, 1.54) is 17.0 Å². The molecule has 2 rings (SSSR count). The van der Waals surface area contributed by atoms with Gasteiger partial charge in [-0.15, -0.1) is 0 Å². The van der Waals surface area contributed by atoms with Crippen molar-refractivity contribution in [2.75, 3.05) is 20.3 Å². The highest BCUT2D eigenvalue weighted by molar-refractivity contribution is 5.94. The summed E-state index contributed by atoms with van der Waals surface area (Å²) in [6, 6.07) is 6.09. The molecular weight excluding hydrogens is 197 g/mol. The fraction of sp³-hybridized carbons (Fsp3) is 0.364. The molecule has 80 valence electrons. The Labute approximate surface area is 87.5 Å². The second-order valence-electron chi connectivity index (χ2n) is 3.59. The van der Waals surface area contributed by atoms with Crippen molar-refractivity contribution in [2.24, 2.45) is 0 Å². The Morgan fingerprint density at radius 2 is 2.13 bits per heavy atom. The van der Waals surface area contributed by atoms with Crippen LogP contribution in [0.2, 0.25) is 0 Å². The first kappa shape index (κ1) is 10.1. The molecule has 1 heterocycles. The van der Waals surface area contributed by atoms with E-state index in [4.69, 9.17) is 4.74 Å². The maximum Gasteiger partial charge on any atom is 0.256 e. The minimum absolute atomic E-state index is 0.0807. The summed E-state index contributed by atoms with van der Waals surface area (Å²) in [5, 5.41) is 0. The first-order valence-electron chi connectivity index (χ1n) is 4.79. The second-order valence-corrected chi connectivity index (χ2v) is 3.59. The van der Waals surface area contributed by atoms with E-state index in [0.29, 0.717) is 13.2 Å². The molecule has 0 N–H and O–H groups in total. The lowest BCUT2D eigenvalue weighted by Crippen LogP contribution is -2.49. The Morgan fingerprint density at radius 1 is 1.47 bits per heavy atom. The molecule has 0 aliphatic carbocycles. The predicted molar refractivity (Wildman–Crippen MR) is 53.1 cm³/mol. The van der Waals surface area contributed by atoms with E-state index >= 15 is 0 Å². The average Bonchev–Trinajstić information content (AvgIpc) is 2.15. The maximum absolute atomic E-state index is 13.3. The van der Waals surface area contributed by atoms with Gasteiger partial charge in [-0.1, -0.05) is 12.1 Å². The highest BCUT2D eigenvalue weighted by Gasteiger charge is 2.28. The van der Waals surface area contributed by atoms with Crippen LogP contribution in [0.25, 0.3) is 0 Å². The summed E-state index contributed by atoms with van der Waals surface area (Å²) in [5.41, 5.74) is 0.117. The van der Waals surface area contributed by atoms with Crippen molar-refractivity contribution in [3.8, 4) is 0 Å². The Balaban J connectivity index is 2.16. The first-order chi connectivity index (χ1) is 7.20. The molecule has 0 aromatic heterocycles. The molecule has 1 aliphatic heterocycles. The summed E-state index contributed by atoms with van der Waals surface area (Å²) >= 11 is 0. The van der Waals surface area contributed by atoms with Crippen LogP contribution < -0.4 is 0 Å². The number of ether oxygens (including phenoxy) is 1. The van der Waals surface area contributed by atoms with E-state index in [-0.39, 0.29) is 17.5 Å². The first-order valence-corrected chi connectivity index (χ1v) is 4.79. The van der Waals surface area contributed by atoms with Crippen molar-refractivity contribution in [2.45, 2.75) is 6.04 Å². The van der Waals surface area contributed by atoms with Crippen LogP contribution >= 0.6 is 0 Å². The molecule has 1 aromatic rings. The molecule has 1 aromatic carbocycles. The van der Waals surface area contributed by atoms with Gasteiger partial charge in [0.05, 0.1) is 24.8 Å². The van der Waals surface area contributed by atoms with Crippen LogP contribution in [0.4, 0.5) is 4.39 Å². The van der Waals surface area contributed by atoms with E-state index in [2.05, 4.69) is 0 Å². The lowest BCUT2D eigenvalue weighted by molar-refractivity contribution is -0.0469. The van der Waals surface area contributed by atoms with Gasteiger partial charge in [-0.25, -0.2) is 4.39 Å². The van der Waals surface area contributed by atoms with E-state index in [1.54, 1.807) is 19.2 Å². The van der Waals surface area contributed by atoms with Crippen LogP contribution in [0, 0.1) is 5.82 Å². The van der Waals surface area contributed by atoms with Crippen LogP contribution in [0.5, 0.6) is 0 Å². The van der Waals surface area contributed by atoms with Gasteiger partial charge in [-0.3, -0.25) is 4.79 Å². The van der Waals surface area contributed by atoms with Crippen LogP contribution in [-0.2, 0) is 4.74 Å². The summed E-state index contributed by atoms with van der Waals surface area (Å²) < 4.78 is 18.3. The van der Waals surface area contributed by atoms with Gasteiger partial charge in [0.2, 0.25) is 0 Å². The van der Waals surface area contributed by atoms with Crippen LogP contribution in [0.3, 0.4) is 0 Å². The summed E-state index contributed by atoms with van der Waals surface area (Å²) in [4.78, 5) is 13.4. The van der Waals surface area contributed by atoms with Crippen molar-refractivity contribution >= 4 is 5.91 Å². The molecule has 0 spiro atoms. The Morgan fingerprint density at radius 3 is 2.67 bits per heavy atom. The molecule has 1 fully saturated rings. The summed E-state index contributed by atoms with van der Waals surface area (Å²) in [7, 11) is 1.67. The number of nitrogens with zero attached hydrogens (tertiary/aromatic N) is 1. The van der Waals surface area contributed by atoms with E-state index < -0.39 is 5.82 Å². The van der Waals surface area contributed by atoms with E-state index in [0.717, 1.165) is 0 Å². The third kappa shape index (κ3) is 1.85. The van der Waals surface area contributed by atoms with Gasteiger partial charge < -0.3 is 9.64 Å². The molecule has 15 heavy (non-hydrogen) atoms. The van der Waals surface area contributed by atoms with Crippen LogP contribution in [0.1, 0.15) is 10.4 Å². The van der Waals surface area contributed by atoms with E-state index in [9.17, 15) is 9.18 Å². The van der Waals surface area contributed by atoms with Crippen LogP contribution in [-0.4, -0.2) is 37.1 Å². The summed E-state index contributed by atoms with van der Waals surface area (Å²) in [5.74, 6) is -0.768. The lowest BCUT2D eigenvalue weighted by atomic mass is 10.1. The van der Waals surface area contributed by atoms with Crippen molar-refractivity contribution in [1.29, 1.82) is 0 Å². The number of rotatable bonds is 2. The largest absolute Gasteiger partial charge is 0.377 e. The third-order valence-electron chi connectivity index (χ3n) is 2.59. The molecule has 0 atom stereocenters. The zero-order valence-corrected chi connectivity index (χ0v) is 8.44. The van der Waals surface area contributed by atoms with Crippen LogP contribution in [0.15, 0.2) is 24.3 Å². The Hall–Kier alpha value is -1.42.